The summed E-state index contributed by atoms with van der Waals surface area (Å²) < 4.78 is 11.2. The van der Waals surface area contributed by atoms with E-state index in [9.17, 15) is 4.79 Å². The van der Waals surface area contributed by atoms with E-state index in [1.54, 1.807) is 25.2 Å². The number of hydrogen-bond acceptors (Lipinski definition) is 5. The van der Waals surface area contributed by atoms with Gasteiger partial charge in [-0.05, 0) is 29.7 Å². The number of anilines is 1. The second kappa shape index (κ2) is 7.66. The summed E-state index contributed by atoms with van der Waals surface area (Å²) in [5.41, 5.74) is 1.59. The average Bonchev–Trinajstić information content (AvgIpc) is 3.00. The summed E-state index contributed by atoms with van der Waals surface area (Å²) in [7, 11) is 3.19. The van der Waals surface area contributed by atoms with E-state index >= 15 is 0 Å². The van der Waals surface area contributed by atoms with Crippen molar-refractivity contribution in [2.24, 2.45) is 0 Å². The van der Waals surface area contributed by atoms with Crippen LogP contribution < -0.4 is 14.4 Å². The Balaban J connectivity index is 1.75. The molecule has 1 fully saturated rings. The normalized spacial score (nSPS) is 15.5. The number of ether oxygens (including phenoxy) is 2. The molecule has 3 aromatic rings. The summed E-state index contributed by atoms with van der Waals surface area (Å²) in [4.78, 5) is 15.3. The summed E-state index contributed by atoms with van der Waals surface area (Å²) in [5, 5.41) is 2.06. The van der Waals surface area contributed by atoms with Crippen LogP contribution in [0.1, 0.15) is 5.56 Å². The van der Waals surface area contributed by atoms with Crippen molar-refractivity contribution < 1.29 is 14.3 Å². The number of methoxy groups -OCH3 is 2. The van der Waals surface area contributed by atoms with Gasteiger partial charge in [0.1, 0.15) is 11.5 Å². The van der Waals surface area contributed by atoms with Crippen LogP contribution in [0.4, 0.5) is 5.69 Å². The van der Waals surface area contributed by atoms with Crippen LogP contribution in [-0.2, 0) is 4.79 Å². The maximum Gasteiger partial charge on any atom is 0.270 e. The highest BCUT2D eigenvalue weighted by atomic mass is 32.2. The van der Waals surface area contributed by atoms with E-state index in [0.717, 1.165) is 22.0 Å². The zero-order valence-corrected chi connectivity index (χ0v) is 17.0. The lowest BCUT2D eigenvalue weighted by Gasteiger charge is -2.17. The molecule has 3 aromatic carbocycles. The third-order valence-electron chi connectivity index (χ3n) is 4.53. The number of carbonyl (C=O) groups excluding carboxylic acids is 1. The molecular weight excluding hydrogens is 390 g/mol. The smallest absolute Gasteiger partial charge is 0.270 e. The van der Waals surface area contributed by atoms with Crippen molar-refractivity contribution in [2.75, 3.05) is 19.1 Å². The first-order chi connectivity index (χ1) is 13.6. The fourth-order valence-corrected chi connectivity index (χ4v) is 4.43. The SMILES string of the molecule is COc1ccc(/C=C2\SC(=S)N(c3cccc4ccccc34)C2=O)c(OC)c1. The summed E-state index contributed by atoms with van der Waals surface area (Å²) >= 11 is 6.82. The molecule has 1 amide bonds. The van der Waals surface area contributed by atoms with E-state index in [0.29, 0.717) is 20.7 Å². The molecule has 0 unspecified atom stereocenters. The lowest BCUT2D eigenvalue weighted by molar-refractivity contribution is -0.113. The van der Waals surface area contributed by atoms with Crippen LogP contribution >= 0.6 is 24.0 Å². The van der Waals surface area contributed by atoms with E-state index < -0.39 is 0 Å². The molecule has 140 valence electrons. The van der Waals surface area contributed by atoms with Gasteiger partial charge < -0.3 is 9.47 Å². The van der Waals surface area contributed by atoms with Gasteiger partial charge in [0.2, 0.25) is 0 Å². The Kier molecular flexibility index (Phi) is 5.07. The van der Waals surface area contributed by atoms with Crippen LogP contribution in [0.2, 0.25) is 0 Å². The summed E-state index contributed by atoms with van der Waals surface area (Å²) in [6.45, 7) is 0. The van der Waals surface area contributed by atoms with Crippen LogP contribution in [0.25, 0.3) is 16.8 Å². The van der Waals surface area contributed by atoms with Crippen molar-refractivity contribution in [3.8, 4) is 11.5 Å². The van der Waals surface area contributed by atoms with E-state index in [4.69, 9.17) is 21.7 Å². The van der Waals surface area contributed by atoms with Crippen LogP contribution in [0.15, 0.2) is 65.6 Å². The molecular formula is C22H17NO3S2. The van der Waals surface area contributed by atoms with Gasteiger partial charge in [-0.2, -0.15) is 0 Å². The van der Waals surface area contributed by atoms with Crippen molar-refractivity contribution in [2.45, 2.75) is 0 Å². The number of nitrogens with zero attached hydrogens (tertiary/aromatic N) is 1. The molecule has 4 rings (SSSR count). The Hall–Kier alpha value is -2.83. The fourth-order valence-electron chi connectivity index (χ4n) is 3.16. The molecule has 0 N–H and O–H groups in total. The highest BCUT2D eigenvalue weighted by molar-refractivity contribution is 8.27. The molecule has 1 heterocycles. The minimum atomic E-state index is -0.135. The highest BCUT2D eigenvalue weighted by Gasteiger charge is 2.34. The Morgan fingerprint density at radius 1 is 1.00 bits per heavy atom. The molecule has 1 saturated heterocycles. The number of rotatable bonds is 4. The molecule has 0 atom stereocenters. The molecule has 4 nitrogen and oxygen atoms in total. The predicted octanol–water partition coefficient (Wildman–Crippen LogP) is 5.26. The summed E-state index contributed by atoms with van der Waals surface area (Å²) in [5.74, 6) is 1.19. The predicted molar refractivity (Wildman–Crippen MR) is 119 cm³/mol. The van der Waals surface area contributed by atoms with Crippen molar-refractivity contribution in [3.63, 3.8) is 0 Å². The number of hydrogen-bond donors (Lipinski definition) is 0. The topological polar surface area (TPSA) is 38.8 Å². The van der Waals surface area contributed by atoms with Crippen LogP contribution in [-0.4, -0.2) is 24.4 Å². The van der Waals surface area contributed by atoms with Gasteiger partial charge in [0.15, 0.2) is 4.32 Å². The Bertz CT molecular complexity index is 1120. The van der Waals surface area contributed by atoms with Gasteiger partial charge >= 0.3 is 0 Å². The molecule has 28 heavy (non-hydrogen) atoms. The van der Waals surface area contributed by atoms with Gasteiger partial charge in [-0.3, -0.25) is 9.69 Å². The second-order valence-corrected chi connectivity index (χ2v) is 7.80. The fraction of sp³-hybridized carbons (Fsp3) is 0.0909. The van der Waals surface area contributed by atoms with E-state index in [2.05, 4.69) is 0 Å². The molecule has 6 heteroatoms. The molecule has 1 aliphatic heterocycles. The number of carbonyl (C=O) groups is 1. The molecule has 0 aromatic heterocycles. The molecule has 0 radical (unpaired) electrons. The standard InChI is InChI=1S/C22H17NO3S2/c1-25-16-11-10-15(19(13-16)26-2)12-20-21(24)23(22(27)28-20)18-9-5-7-14-6-3-4-8-17(14)18/h3-13H,1-2H3/b20-12-. The number of fused-ring (bicyclic) bond motifs is 1. The Morgan fingerprint density at radius 2 is 1.79 bits per heavy atom. The van der Waals surface area contributed by atoms with Crippen LogP contribution in [0.3, 0.4) is 0 Å². The first kappa shape index (κ1) is 18.5. The van der Waals surface area contributed by atoms with Crippen LogP contribution in [0.5, 0.6) is 11.5 Å². The van der Waals surface area contributed by atoms with Gasteiger partial charge in [0.05, 0.1) is 24.8 Å². The van der Waals surface area contributed by atoms with Crippen molar-refractivity contribution in [3.05, 3.63) is 71.1 Å². The molecule has 0 spiro atoms. The molecule has 1 aliphatic rings. The Labute approximate surface area is 172 Å². The molecule has 0 saturated carbocycles. The van der Waals surface area contributed by atoms with Gasteiger partial charge in [-0.15, -0.1) is 0 Å². The van der Waals surface area contributed by atoms with Crippen molar-refractivity contribution >= 4 is 56.7 Å². The molecule has 0 bridgehead atoms. The third kappa shape index (κ3) is 3.25. The number of amides is 1. The van der Waals surface area contributed by atoms with Gasteiger partial charge in [-0.1, -0.05) is 60.4 Å². The molecule has 0 aliphatic carbocycles. The maximum atomic E-state index is 13.2. The number of thiocarbonyl (C=S) groups is 1. The first-order valence-electron chi connectivity index (χ1n) is 8.60. The monoisotopic (exact) mass is 407 g/mol. The van der Waals surface area contributed by atoms with E-state index in [1.165, 1.54) is 11.8 Å². The third-order valence-corrected chi connectivity index (χ3v) is 5.83. The zero-order valence-electron chi connectivity index (χ0n) is 15.3. The lowest BCUT2D eigenvalue weighted by atomic mass is 10.1. The zero-order chi connectivity index (χ0) is 19.7. The quantitative estimate of drug-likeness (QED) is 0.436. The van der Waals surface area contributed by atoms with Gasteiger partial charge in [-0.25, -0.2) is 0 Å². The van der Waals surface area contributed by atoms with Gasteiger partial charge in [0, 0.05) is 17.0 Å². The maximum absolute atomic E-state index is 13.2. The minimum absolute atomic E-state index is 0.135. The van der Waals surface area contributed by atoms with Crippen LogP contribution in [0, 0.1) is 0 Å². The second-order valence-electron chi connectivity index (χ2n) is 6.12. The first-order valence-corrected chi connectivity index (χ1v) is 9.82. The summed E-state index contributed by atoms with van der Waals surface area (Å²) in [6.07, 6.45) is 1.81. The van der Waals surface area contributed by atoms with E-state index in [-0.39, 0.29) is 5.91 Å². The average molecular weight is 408 g/mol. The van der Waals surface area contributed by atoms with E-state index in [1.807, 2.05) is 60.7 Å². The summed E-state index contributed by atoms with van der Waals surface area (Å²) in [6, 6.07) is 19.3. The number of thioether (sulfide) groups is 1. The minimum Gasteiger partial charge on any atom is -0.497 e. The van der Waals surface area contributed by atoms with Gasteiger partial charge in [0.25, 0.3) is 5.91 Å². The highest BCUT2D eigenvalue weighted by Crippen LogP contribution is 2.40. The van der Waals surface area contributed by atoms with Crippen molar-refractivity contribution in [1.29, 1.82) is 0 Å². The number of benzene rings is 3. The van der Waals surface area contributed by atoms with Crippen molar-refractivity contribution in [1.82, 2.24) is 0 Å². The largest absolute Gasteiger partial charge is 0.497 e. The lowest BCUT2D eigenvalue weighted by Crippen LogP contribution is -2.27. The Morgan fingerprint density at radius 3 is 2.57 bits per heavy atom.